The summed E-state index contributed by atoms with van der Waals surface area (Å²) >= 11 is 3.34. The van der Waals surface area contributed by atoms with Crippen LogP contribution in [0.3, 0.4) is 0 Å². The molecule has 1 amide bonds. The van der Waals surface area contributed by atoms with Crippen molar-refractivity contribution < 1.29 is 4.79 Å². The maximum absolute atomic E-state index is 12.2. The van der Waals surface area contributed by atoms with Crippen molar-refractivity contribution in [3.63, 3.8) is 0 Å². The van der Waals surface area contributed by atoms with Gasteiger partial charge in [0.1, 0.15) is 5.54 Å². The highest BCUT2D eigenvalue weighted by atomic mass is 79.9. The van der Waals surface area contributed by atoms with E-state index in [1.165, 1.54) is 0 Å². The molecule has 1 saturated carbocycles. The maximum Gasteiger partial charge on any atom is 0.252 e. The molecule has 1 aromatic rings. The molecule has 0 spiro atoms. The molecule has 3 nitrogen and oxygen atoms in total. The van der Waals surface area contributed by atoms with Crippen LogP contribution in [0.5, 0.6) is 0 Å². The number of nitriles is 1. The molecule has 2 rings (SSSR count). The fourth-order valence-electron chi connectivity index (χ4n) is 2.49. The van der Waals surface area contributed by atoms with Gasteiger partial charge in [0.15, 0.2) is 0 Å². The summed E-state index contributed by atoms with van der Waals surface area (Å²) in [5.74, 6) is -0.157. The Kier molecular flexibility index (Phi) is 4.60. The highest BCUT2D eigenvalue weighted by Gasteiger charge is 2.32. The second-order valence-electron chi connectivity index (χ2n) is 5.07. The fourth-order valence-corrected chi connectivity index (χ4v) is 2.75. The van der Waals surface area contributed by atoms with Crippen LogP contribution >= 0.6 is 15.9 Å². The van der Waals surface area contributed by atoms with Gasteiger partial charge in [-0.1, -0.05) is 41.6 Å². The van der Waals surface area contributed by atoms with Crippen molar-refractivity contribution in [1.29, 1.82) is 5.26 Å². The highest BCUT2D eigenvalue weighted by Crippen LogP contribution is 2.27. The van der Waals surface area contributed by atoms with Gasteiger partial charge in [-0.3, -0.25) is 4.79 Å². The summed E-state index contributed by atoms with van der Waals surface area (Å²) in [5.41, 5.74) is -0.0808. The Hall–Kier alpha value is -1.34. The van der Waals surface area contributed by atoms with Gasteiger partial charge in [-0.2, -0.15) is 5.26 Å². The SMILES string of the molecule is N#CC1(NC(=O)c2ccc(Br)cc2)CCCCCC1. The molecule has 0 heterocycles. The molecule has 0 saturated heterocycles. The standard InChI is InChI=1S/C15H17BrN2O/c16-13-7-5-12(6-8-13)14(19)18-15(11-17)9-3-1-2-4-10-15/h5-8H,1-4,9-10H2,(H,18,19). The molecule has 0 bridgehead atoms. The molecule has 1 aliphatic carbocycles. The maximum atomic E-state index is 12.2. The van der Waals surface area contributed by atoms with E-state index in [1.807, 2.05) is 12.1 Å². The number of halogens is 1. The van der Waals surface area contributed by atoms with Crippen molar-refractivity contribution in [2.24, 2.45) is 0 Å². The number of carbonyl (C=O) groups excluding carboxylic acids is 1. The molecule has 100 valence electrons. The largest absolute Gasteiger partial charge is 0.334 e. The molecule has 1 fully saturated rings. The summed E-state index contributed by atoms with van der Waals surface area (Å²) in [6.45, 7) is 0. The van der Waals surface area contributed by atoms with E-state index < -0.39 is 5.54 Å². The molecule has 19 heavy (non-hydrogen) atoms. The van der Waals surface area contributed by atoms with E-state index in [0.29, 0.717) is 5.56 Å². The first-order chi connectivity index (χ1) is 9.15. The number of carbonyl (C=O) groups is 1. The third-order valence-electron chi connectivity index (χ3n) is 3.63. The van der Waals surface area contributed by atoms with Gasteiger partial charge < -0.3 is 5.32 Å². The van der Waals surface area contributed by atoms with Crippen LogP contribution in [0.1, 0.15) is 48.9 Å². The molecule has 0 aromatic heterocycles. The van der Waals surface area contributed by atoms with Gasteiger partial charge in [-0.05, 0) is 37.1 Å². The van der Waals surface area contributed by atoms with Crippen LogP contribution in [-0.2, 0) is 0 Å². The van der Waals surface area contributed by atoms with Crippen LogP contribution in [0.4, 0.5) is 0 Å². The van der Waals surface area contributed by atoms with Crippen LogP contribution in [0, 0.1) is 11.3 Å². The Balaban J connectivity index is 2.11. The minimum absolute atomic E-state index is 0.157. The fraction of sp³-hybridized carbons (Fsp3) is 0.467. The van der Waals surface area contributed by atoms with Crippen molar-refractivity contribution in [2.75, 3.05) is 0 Å². The predicted molar refractivity (Wildman–Crippen MR) is 77.7 cm³/mol. The highest BCUT2D eigenvalue weighted by molar-refractivity contribution is 9.10. The Morgan fingerprint density at radius 3 is 2.26 bits per heavy atom. The number of hydrogen-bond acceptors (Lipinski definition) is 2. The molecule has 0 unspecified atom stereocenters. The van der Waals surface area contributed by atoms with Gasteiger partial charge in [0, 0.05) is 10.0 Å². The number of nitrogens with one attached hydrogen (secondary N) is 1. The number of amides is 1. The number of rotatable bonds is 2. The van der Waals surface area contributed by atoms with Crippen molar-refractivity contribution in [2.45, 2.75) is 44.1 Å². The molecule has 1 aliphatic rings. The molecule has 0 atom stereocenters. The lowest BCUT2D eigenvalue weighted by molar-refractivity contribution is 0.0913. The number of nitrogens with zero attached hydrogens (tertiary/aromatic N) is 1. The van der Waals surface area contributed by atoms with Crippen LogP contribution in [0.15, 0.2) is 28.7 Å². The zero-order valence-electron chi connectivity index (χ0n) is 10.8. The Labute approximate surface area is 122 Å². The average molecular weight is 321 g/mol. The molecule has 0 aliphatic heterocycles. The predicted octanol–water partition coefficient (Wildman–Crippen LogP) is 3.80. The summed E-state index contributed by atoms with van der Waals surface area (Å²) in [6, 6.07) is 9.53. The van der Waals surface area contributed by atoms with Crippen LogP contribution < -0.4 is 5.32 Å². The Morgan fingerprint density at radius 2 is 1.74 bits per heavy atom. The molecule has 0 radical (unpaired) electrons. The van der Waals surface area contributed by atoms with E-state index >= 15 is 0 Å². The average Bonchev–Trinajstić information content (AvgIpc) is 2.65. The van der Waals surface area contributed by atoms with Crippen molar-refractivity contribution in [1.82, 2.24) is 5.32 Å². The van der Waals surface area contributed by atoms with Crippen LogP contribution in [0.2, 0.25) is 0 Å². The smallest absolute Gasteiger partial charge is 0.252 e. The third kappa shape index (κ3) is 3.57. The molecule has 1 aromatic carbocycles. The van der Waals surface area contributed by atoms with Gasteiger partial charge in [0.2, 0.25) is 0 Å². The van der Waals surface area contributed by atoms with E-state index in [1.54, 1.807) is 12.1 Å². The normalized spacial score (nSPS) is 18.1. The molecular weight excluding hydrogens is 304 g/mol. The van der Waals surface area contributed by atoms with E-state index in [-0.39, 0.29) is 5.91 Å². The zero-order valence-corrected chi connectivity index (χ0v) is 12.4. The van der Waals surface area contributed by atoms with Crippen LogP contribution in [-0.4, -0.2) is 11.4 Å². The van der Waals surface area contributed by atoms with Gasteiger partial charge in [0.25, 0.3) is 5.91 Å². The van der Waals surface area contributed by atoms with Crippen LogP contribution in [0.25, 0.3) is 0 Å². The topological polar surface area (TPSA) is 52.9 Å². The summed E-state index contributed by atoms with van der Waals surface area (Å²) in [5, 5.41) is 12.4. The number of hydrogen-bond donors (Lipinski definition) is 1. The zero-order chi connectivity index (χ0) is 13.7. The molecule has 1 N–H and O–H groups in total. The van der Waals surface area contributed by atoms with E-state index in [9.17, 15) is 10.1 Å². The Morgan fingerprint density at radius 1 is 1.16 bits per heavy atom. The van der Waals surface area contributed by atoms with E-state index in [4.69, 9.17) is 0 Å². The minimum atomic E-state index is -0.680. The second kappa shape index (κ2) is 6.21. The second-order valence-corrected chi connectivity index (χ2v) is 5.98. The van der Waals surface area contributed by atoms with Gasteiger partial charge in [-0.15, -0.1) is 0 Å². The van der Waals surface area contributed by atoms with E-state index in [2.05, 4.69) is 27.3 Å². The Bertz CT molecular complexity index is 482. The van der Waals surface area contributed by atoms with Crippen molar-refractivity contribution >= 4 is 21.8 Å². The van der Waals surface area contributed by atoms with Gasteiger partial charge in [-0.25, -0.2) is 0 Å². The minimum Gasteiger partial charge on any atom is -0.334 e. The first-order valence-corrected chi connectivity index (χ1v) is 7.44. The van der Waals surface area contributed by atoms with Gasteiger partial charge in [0.05, 0.1) is 6.07 Å². The van der Waals surface area contributed by atoms with Crippen molar-refractivity contribution in [3.8, 4) is 6.07 Å². The number of benzene rings is 1. The monoisotopic (exact) mass is 320 g/mol. The van der Waals surface area contributed by atoms with Crippen molar-refractivity contribution in [3.05, 3.63) is 34.3 Å². The lowest BCUT2D eigenvalue weighted by Crippen LogP contribution is -2.47. The summed E-state index contributed by atoms with van der Waals surface area (Å²) in [4.78, 5) is 12.2. The quantitative estimate of drug-likeness (QED) is 0.843. The summed E-state index contributed by atoms with van der Waals surface area (Å²) < 4.78 is 0.938. The van der Waals surface area contributed by atoms with E-state index in [0.717, 1.165) is 43.0 Å². The first kappa shape index (κ1) is 14.1. The molecular formula is C15H17BrN2O. The summed E-state index contributed by atoms with van der Waals surface area (Å²) in [6.07, 6.45) is 5.83. The summed E-state index contributed by atoms with van der Waals surface area (Å²) in [7, 11) is 0. The lowest BCUT2D eigenvalue weighted by Gasteiger charge is -2.26. The first-order valence-electron chi connectivity index (χ1n) is 6.65. The lowest BCUT2D eigenvalue weighted by atomic mass is 9.91. The third-order valence-corrected chi connectivity index (χ3v) is 4.16. The molecule has 4 heteroatoms. The van der Waals surface area contributed by atoms with Gasteiger partial charge >= 0.3 is 0 Å².